The lowest BCUT2D eigenvalue weighted by atomic mass is 10.2. The lowest BCUT2D eigenvalue weighted by Gasteiger charge is -2.41. The van der Waals surface area contributed by atoms with E-state index in [1.165, 1.54) is 0 Å². The molecule has 2 fully saturated rings. The first-order valence-corrected chi connectivity index (χ1v) is 10.8. The Morgan fingerprint density at radius 1 is 1.24 bits per heavy atom. The summed E-state index contributed by atoms with van der Waals surface area (Å²) in [5.41, 5.74) is 0.664. The van der Waals surface area contributed by atoms with E-state index in [9.17, 15) is 9.59 Å². The van der Waals surface area contributed by atoms with Crippen LogP contribution in [0.4, 0.5) is 4.79 Å². The standard InChI is InChI=1S/C19H19Cl3N2O4S/c1-2-9-28-14-6-4-3-5-13(14)12-15-16(25)24(18(26)29-15)17(19(20,21)22)23-7-10-27-11-8-23/h2-6,12,17H,1,7-11H2/b15-12+/t17-/m1/s1. The van der Waals surface area contributed by atoms with Gasteiger partial charge in [0, 0.05) is 18.7 Å². The number of para-hydroxylation sites is 1. The van der Waals surface area contributed by atoms with E-state index in [-0.39, 0.29) is 4.91 Å². The number of amides is 2. The Bertz CT molecular complexity index is 822. The van der Waals surface area contributed by atoms with Crippen molar-refractivity contribution in [1.29, 1.82) is 0 Å². The molecule has 0 saturated carbocycles. The van der Waals surface area contributed by atoms with Gasteiger partial charge >= 0.3 is 0 Å². The normalized spacial score (nSPS) is 20.9. The molecule has 156 valence electrons. The van der Waals surface area contributed by atoms with Crippen LogP contribution in [0.15, 0.2) is 41.8 Å². The molecule has 0 aliphatic carbocycles. The van der Waals surface area contributed by atoms with Crippen LogP contribution in [0.1, 0.15) is 5.56 Å². The Hall–Kier alpha value is -1.22. The number of hydrogen-bond acceptors (Lipinski definition) is 6. The molecule has 0 aromatic heterocycles. The number of carbonyl (C=O) groups is 2. The maximum Gasteiger partial charge on any atom is 0.295 e. The van der Waals surface area contributed by atoms with Crippen molar-refractivity contribution in [3.63, 3.8) is 0 Å². The van der Waals surface area contributed by atoms with E-state index in [0.29, 0.717) is 44.2 Å². The molecule has 2 heterocycles. The molecule has 0 spiro atoms. The minimum absolute atomic E-state index is 0.233. The predicted octanol–water partition coefficient (Wildman–Crippen LogP) is 4.32. The zero-order valence-corrected chi connectivity index (χ0v) is 18.4. The molecule has 0 radical (unpaired) electrons. The maximum absolute atomic E-state index is 13.1. The molecule has 6 nitrogen and oxygen atoms in total. The van der Waals surface area contributed by atoms with Gasteiger partial charge in [-0.15, -0.1) is 0 Å². The molecule has 2 aliphatic rings. The number of nitrogens with zero attached hydrogens (tertiary/aromatic N) is 2. The molecule has 2 saturated heterocycles. The van der Waals surface area contributed by atoms with Crippen molar-refractivity contribution in [1.82, 2.24) is 9.80 Å². The van der Waals surface area contributed by atoms with Crippen LogP contribution >= 0.6 is 46.6 Å². The predicted molar refractivity (Wildman–Crippen MR) is 116 cm³/mol. The first-order valence-electron chi connectivity index (χ1n) is 8.81. The fraction of sp³-hybridized carbons (Fsp3) is 0.368. The van der Waals surface area contributed by atoms with Crippen LogP contribution in [0.2, 0.25) is 0 Å². The average Bonchev–Trinajstić information content (AvgIpc) is 2.95. The molecule has 0 N–H and O–H groups in total. The quantitative estimate of drug-likeness (QED) is 0.346. The number of alkyl halides is 3. The SMILES string of the molecule is C=CCOc1ccccc1/C=C1/SC(=O)N([C@@H](N2CCOCC2)C(Cl)(Cl)Cl)C1=O. The topological polar surface area (TPSA) is 59.1 Å². The molecular formula is C19H19Cl3N2O4S. The maximum atomic E-state index is 13.1. The minimum atomic E-state index is -1.87. The van der Waals surface area contributed by atoms with Crippen LogP contribution in [0.5, 0.6) is 5.75 Å². The second-order valence-electron chi connectivity index (χ2n) is 6.25. The van der Waals surface area contributed by atoms with E-state index in [4.69, 9.17) is 44.3 Å². The fourth-order valence-corrected chi connectivity index (χ4v) is 4.60. The number of carbonyl (C=O) groups excluding carboxylic acids is 2. The van der Waals surface area contributed by atoms with Gasteiger partial charge in [0.05, 0.1) is 18.1 Å². The molecule has 29 heavy (non-hydrogen) atoms. The largest absolute Gasteiger partial charge is 0.489 e. The summed E-state index contributed by atoms with van der Waals surface area (Å²) >= 11 is 19.3. The minimum Gasteiger partial charge on any atom is -0.489 e. The number of benzene rings is 1. The fourth-order valence-electron chi connectivity index (χ4n) is 3.05. The zero-order valence-electron chi connectivity index (χ0n) is 15.4. The first-order chi connectivity index (χ1) is 13.8. The summed E-state index contributed by atoms with van der Waals surface area (Å²) in [7, 11) is 0. The highest BCUT2D eigenvalue weighted by Crippen LogP contribution is 2.42. The molecule has 1 atom stereocenters. The van der Waals surface area contributed by atoms with Crippen LogP contribution in [0.3, 0.4) is 0 Å². The number of halogens is 3. The molecule has 10 heteroatoms. The van der Waals surface area contributed by atoms with Gasteiger partial charge in [-0.1, -0.05) is 65.7 Å². The third-order valence-electron chi connectivity index (χ3n) is 4.31. The van der Waals surface area contributed by atoms with Gasteiger partial charge in [0.15, 0.2) is 0 Å². The van der Waals surface area contributed by atoms with Gasteiger partial charge in [0.1, 0.15) is 18.5 Å². The molecule has 2 aliphatic heterocycles. The third kappa shape index (κ3) is 5.29. The summed E-state index contributed by atoms with van der Waals surface area (Å²) in [6.45, 7) is 5.68. The number of morpholine rings is 1. The van der Waals surface area contributed by atoms with Crippen LogP contribution in [0.25, 0.3) is 6.08 Å². The van der Waals surface area contributed by atoms with Crippen molar-refractivity contribution >= 4 is 63.8 Å². The second kappa shape index (κ2) is 9.73. The van der Waals surface area contributed by atoms with Crippen molar-refractivity contribution < 1.29 is 19.1 Å². The zero-order chi connectivity index (χ0) is 21.0. The Morgan fingerprint density at radius 3 is 2.59 bits per heavy atom. The summed E-state index contributed by atoms with van der Waals surface area (Å²) in [5.74, 6) is 0.0617. The number of rotatable bonds is 6. The summed E-state index contributed by atoms with van der Waals surface area (Å²) < 4.78 is 9.07. The van der Waals surface area contributed by atoms with Crippen molar-refractivity contribution in [2.75, 3.05) is 32.9 Å². The molecule has 2 amide bonds. The van der Waals surface area contributed by atoms with Gasteiger partial charge in [-0.05, 0) is 23.9 Å². The second-order valence-corrected chi connectivity index (χ2v) is 9.61. The highest BCUT2D eigenvalue weighted by molar-refractivity contribution is 8.18. The van der Waals surface area contributed by atoms with Crippen LogP contribution in [-0.4, -0.2) is 63.8 Å². The van der Waals surface area contributed by atoms with E-state index < -0.39 is 21.1 Å². The van der Waals surface area contributed by atoms with Crippen LogP contribution in [-0.2, 0) is 9.53 Å². The van der Waals surface area contributed by atoms with Gasteiger partial charge in [0.25, 0.3) is 11.1 Å². The first kappa shape index (κ1) is 22.5. The van der Waals surface area contributed by atoms with E-state index in [1.807, 2.05) is 12.1 Å². The Kier molecular flexibility index (Phi) is 7.53. The molecule has 0 unspecified atom stereocenters. The van der Waals surface area contributed by atoms with Crippen molar-refractivity contribution in [2.24, 2.45) is 0 Å². The van der Waals surface area contributed by atoms with E-state index in [0.717, 1.165) is 16.7 Å². The van der Waals surface area contributed by atoms with E-state index >= 15 is 0 Å². The molecule has 1 aromatic carbocycles. The highest BCUT2D eigenvalue weighted by atomic mass is 35.6. The number of hydrogen-bond donors (Lipinski definition) is 0. The van der Waals surface area contributed by atoms with Gasteiger partial charge in [-0.2, -0.15) is 0 Å². The van der Waals surface area contributed by atoms with E-state index in [2.05, 4.69) is 6.58 Å². The summed E-state index contributed by atoms with van der Waals surface area (Å²) in [6.07, 6.45) is 2.21. The number of imide groups is 1. The third-order valence-corrected chi connectivity index (χ3v) is 5.78. The number of thioether (sulfide) groups is 1. The Balaban J connectivity index is 1.90. The molecule has 3 rings (SSSR count). The summed E-state index contributed by atoms with van der Waals surface area (Å²) in [5, 5.41) is -0.492. The van der Waals surface area contributed by atoms with Crippen molar-refractivity contribution in [3.05, 3.63) is 47.4 Å². The summed E-state index contributed by atoms with van der Waals surface area (Å²) in [6, 6.07) is 7.20. The van der Waals surface area contributed by atoms with Gasteiger partial charge in [-0.25, -0.2) is 4.90 Å². The average molecular weight is 478 g/mol. The van der Waals surface area contributed by atoms with Crippen LogP contribution < -0.4 is 4.74 Å². The lowest BCUT2D eigenvalue weighted by Crippen LogP contribution is -2.59. The van der Waals surface area contributed by atoms with Crippen molar-refractivity contribution in [3.8, 4) is 5.75 Å². The van der Waals surface area contributed by atoms with Crippen molar-refractivity contribution in [2.45, 2.75) is 9.96 Å². The van der Waals surface area contributed by atoms with E-state index in [1.54, 1.807) is 29.2 Å². The lowest BCUT2D eigenvalue weighted by molar-refractivity contribution is -0.128. The highest BCUT2D eigenvalue weighted by Gasteiger charge is 2.50. The molecule has 1 aromatic rings. The molecule has 0 bridgehead atoms. The summed E-state index contributed by atoms with van der Waals surface area (Å²) in [4.78, 5) is 28.8. The van der Waals surface area contributed by atoms with Gasteiger partial charge < -0.3 is 9.47 Å². The molecular weight excluding hydrogens is 459 g/mol. The smallest absolute Gasteiger partial charge is 0.295 e. The Morgan fingerprint density at radius 2 is 1.93 bits per heavy atom. The Labute approximate surface area is 188 Å². The van der Waals surface area contributed by atoms with Gasteiger partial charge in [0.2, 0.25) is 3.79 Å². The van der Waals surface area contributed by atoms with Gasteiger partial charge in [-0.3, -0.25) is 14.5 Å². The number of ether oxygens (including phenoxy) is 2. The monoisotopic (exact) mass is 476 g/mol. The van der Waals surface area contributed by atoms with Crippen LogP contribution in [0, 0.1) is 0 Å².